The van der Waals surface area contributed by atoms with E-state index in [2.05, 4.69) is 81.9 Å². The van der Waals surface area contributed by atoms with Crippen molar-refractivity contribution in [2.75, 3.05) is 39.3 Å². The Morgan fingerprint density at radius 2 is 0.923 bits per heavy atom. The minimum Gasteiger partial charge on any atom is -0.315 e. The summed E-state index contributed by atoms with van der Waals surface area (Å²) in [6, 6.07) is 22.2. The molecule has 0 amide bonds. The predicted molar refractivity (Wildman–Crippen MR) is 109 cm³/mol. The normalized spacial score (nSPS) is 23.8. The van der Waals surface area contributed by atoms with Crippen molar-refractivity contribution >= 4 is 0 Å². The van der Waals surface area contributed by atoms with Gasteiger partial charge in [0, 0.05) is 13.1 Å². The van der Waals surface area contributed by atoms with Crippen LogP contribution in [0.15, 0.2) is 60.7 Å². The molecule has 2 aromatic rings. The molecule has 0 aromatic heterocycles. The van der Waals surface area contributed by atoms with Crippen LogP contribution in [0.2, 0.25) is 0 Å². The molecule has 0 spiro atoms. The smallest absolute Gasteiger partial charge is 0.0518 e. The van der Waals surface area contributed by atoms with Gasteiger partial charge < -0.3 is 21.3 Å². The summed E-state index contributed by atoms with van der Waals surface area (Å²) in [4.78, 5) is 0. The second-order valence-electron chi connectivity index (χ2n) is 6.89. The Hall–Kier alpha value is -1.72. The summed E-state index contributed by atoms with van der Waals surface area (Å²) in [7, 11) is 0. The van der Waals surface area contributed by atoms with Crippen LogP contribution in [0.3, 0.4) is 0 Å². The zero-order valence-corrected chi connectivity index (χ0v) is 15.6. The van der Waals surface area contributed by atoms with E-state index in [0.717, 1.165) is 52.1 Å². The molecule has 0 unspecified atom stereocenters. The Morgan fingerprint density at radius 1 is 0.500 bits per heavy atom. The van der Waals surface area contributed by atoms with Gasteiger partial charge in [0.2, 0.25) is 0 Å². The Morgan fingerprint density at radius 3 is 1.35 bits per heavy atom. The Bertz CT molecular complexity index is 547. The summed E-state index contributed by atoms with van der Waals surface area (Å²) in [5.41, 5.74) is 2.68. The van der Waals surface area contributed by atoms with Gasteiger partial charge in [-0.25, -0.2) is 0 Å². The summed E-state index contributed by atoms with van der Waals surface area (Å²) < 4.78 is 0. The zero-order valence-electron chi connectivity index (χ0n) is 15.6. The predicted octanol–water partition coefficient (Wildman–Crippen LogP) is 2.62. The highest BCUT2D eigenvalue weighted by molar-refractivity contribution is 5.27. The molecule has 1 fully saturated rings. The molecule has 4 nitrogen and oxygen atoms in total. The minimum atomic E-state index is 0.259. The van der Waals surface area contributed by atoms with Crippen molar-refractivity contribution in [1.29, 1.82) is 0 Å². The fraction of sp³-hybridized carbons (Fsp3) is 0.455. The first-order valence-electron chi connectivity index (χ1n) is 9.93. The number of nitrogens with one attached hydrogen (secondary N) is 4. The van der Waals surface area contributed by atoms with Crippen LogP contribution < -0.4 is 21.3 Å². The average Bonchev–Trinajstić information content (AvgIpc) is 2.70. The Balaban J connectivity index is 1.81. The molecule has 0 radical (unpaired) electrons. The van der Waals surface area contributed by atoms with Gasteiger partial charge in [-0.2, -0.15) is 0 Å². The molecule has 4 N–H and O–H groups in total. The van der Waals surface area contributed by atoms with Gasteiger partial charge in [-0.1, -0.05) is 60.7 Å². The summed E-state index contributed by atoms with van der Waals surface area (Å²) >= 11 is 0. The molecule has 4 heteroatoms. The average molecular weight is 353 g/mol. The molecule has 26 heavy (non-hydrogen) atoms. The molecule has 2 aromatic carbocycles. The van der Waals surface area contributed by atoms with Gasteiger partial charge >= 0.3 is 0 Å². The van der Waals surface area contributed by atoms with Crippen molar-refractivity contribution in [2.45, 2.75) is 24.9 Å². The maximum Gasteiger partial charge on any atom is 0.0518 e. The van der Waals surface area contributed by atoms with Gasteiger partial charge in [0.25, 0.3) is 0 Å². The number of hydrogen-bond donors (Lipinski definition) is 4. The lowest BCUT2D eigenvalue weighted by atomic mass is 9.93. The molecular formula is C22H32N4. The number of hydrogen-bond acceptors (Lipinski definition) is 4. The fourth-order valence-electron chi connectivity index (χ4n) is 3.55. The highest BCUT2D eigenvalue weighted by Gasteiger charge is 2.23. The van der Waals surface area contributed by atoms with E-state index < -0.39 is 0 Å². The molecule has 1 aliphatic rings. The van der Waals surface area contributed by atoms with E-state index in [9.17, 15) is 0 Å². The topological polar surface area (TPSA) is 48.1 Å². The fourth-order valence-corrected chi connectivity index (χ4v) is 3.55. The van der Waals surface area contributed by atoms with Gasteiger partial charge in [0.1, 0.15) is 0 Å². The van der Waals surface area contributed by atoms with Gasteiger partial charge in [-0.15, -0.1) is 0 Å². The largest absolute Gasteiger partial charge is 0.315 e. The third-order valence-corrected chi connectivity index (χ3v) is 4.92. The summed E-state index contributed by atoms with van der Waals surface area (Å²) in [5, 5.41) is 14.7. The molecule has 0 saturated carbocycles. The van der Waals surface area contributed by atoms with Crippen LogP contribution in [-0.2, 0) is 0 Å². The van der Waals surface area contributed by atoms with Crippen molar-refractivity contribution in [1.82, 2.24) is 21.3 Å². The van der Waals surface area contributed by atoms with Gasteiger partial charge in [0.15, 0.2) is 0 Å². The van der Waals surface area contributed by atoms with Crippen LogP contribution in [0.1, 0.15) is 36.1 Å². The lowest BCUT2D eigenvalue weighted by molar-refractivity contribution is 0.375. The zero-order chi connectivity index (χ0) is 17.9. The first-order chi connectivity index (χ1) is 12.9. The van der Waals surface area contributed by atoms with Crippen LogP contribution in [0.5, 0.6) is 0 Å². The Kier molecular flexibility index (Phi) is 8.13. The Labute approximate surface area is 157 Å². The van der Waals surface area contributed by atoms with Gasteiger partial charge in [-0.3, -0.25) is 0 Å². The first-order valence-corrected chi connectivity index (χ1v) is 9.93. The molecule has 1 saturated heterocycles. The second kappa shape index (κ2) is 11.1. The molecule has 0 aliphatic carbocycles. The van der Waals surface area contributed by atoms with E-state index in [-0.39, 0.29) is 12.1 Å². The van der Waals surface area contributed by atoms with Gasteiger partial charge in [0.05, 0.1) is 12.1 Å². The van der Waals surface area contributed by atoms with E-state index in [1.807, 2.05) is 0 Å². The lowest BCUT2D eigenvalue weighted by Crippen LogP contribution is -2.38. The second-order valence-corrected chi connectivity index (χ2v) is 6.89. The van der Waals surface area contributed by atoms with Crippen molar-refractivity contribution in [3.8, 4) is 0 Å². The molecule has 3 rings (SSSR count). The third-order valence-electron chi connectivity index (χ3n) is 4.92. The SMILES string of the molecule is c1ccc([C@H]2NCCCNCCNCCCN[C@@H]2c2ccccc2)cc1. The quantitative estimate of drug-likeness (QED) is 0.671. The number of benzene rings is 2. The van der Waals surface area contributed by atoms with Crippen molar-refractivity contribution in [3.63, 3.8) is 0 Å². The van der Waals surface area contributed by atoms with Crippen LogP contribution in [0.25, 0.3) is 0 Å². The molecule has 0 bridgehead atoms. The van der Waals surface area contributed by atoms with Crippen LogP contribution >= 0.6 is 0 Å². The van der Waals surface area contributed by atoms with E-state index in [1.54, 1.807) is 0 Å². The minimum absolute atomic E-state index is 0.259. The van der Waals surface area contributed by atoms with E-state index in [4.69, 9.17) is 0 Å². The van der Waals surface area contributed by atoms with Crippen molar-refractivity contribution in [2.24, 2.45) is 0 Å². The third kappa shape index (κ3) is 5.92. The summed E-state index contributed by atoms with van der Waals surface area (Å²) in [6.45, 7) is 6.21. The van der Waals surface area contributed by atoms with Crippen LogP contribution in [0.4, 0.5) is 0 Å². The first kappa shape index (κ1) is 19.1. The monoisotopic (exact) mass is 352 g/mol. The van der Waals surface area contributed by atoms with Crippen LogP contribution in [0, 0.1) is 0 Å². The maximum absolute atomic E-state index is 3.82. The lowest BCUT2D eigenvalue weighted by Gasteiger charge is -2.30. The highest BCUT2D eigenvalue weighted by Crippen LogP contribution is 2.29. The molecule has 1 heterocycles. The molecular weight excluding hydrogens is 320 g/mol. The van der Waals surface area contributed by atoms with E-state index in [0.29, 0.717) is 0 Å². The maximum atomic E-state index is 3.82. The van der Waals surface area contributed by atoms with Crippen molar-refractivity contribution < 1.29 is 0 Å². The molecule has 1 aliphatic heterocycles. The van der Waals surface area contributed by atoms with E-state index >= 15 is 0 Å². The molecule has 2 atom stereocenters. The summed E-state index contributed by atoms with van der Waals surface area (Å²) in [5.74, 6) is 0. The van der Waals surface area contributed by atoms with Gasteiger partial charge in [-0.05, 0) is 50.1 Å². The number of rotatable bonds is 2. The highest BCUT2D eigenvalue weighted by atomic mass is 15.0. The summed E-state index contributed by atoms with van der Waals surface area (Å²) in [6.07, 6.45) is 2.26. The van der Waals surface area contributed by atoms with E-state index in [1.165, 1.54) is 11.1 Å². The molecule has 140 valence electrons. The standard InChI is InChI=1S/C22H32N4/c1-3-9-19(10-4-1)21-22(20-11-5-2-6-12-20)26-16-8-14-24-18-17-23-13-7-15-25-21/h1-6,9-12,21-26H,7-8,13-18H2/t21-,22-/m1/s1. The van der Waals surface area contributed by atoms with Crippen molar-refractivity contribution in [3.05, 3.63) is 71.8 Å². The van der Waals surface area contributed by atoms with Crippen LogP contribution in [-0.4, -0.2) is 39.3 Å².